The van der Waals surface area contributed by atoms with Crippen LogP contribution in [-0.2, 0) is 5.41 Å². The van der Waals surface area contributed by atoms with Crippen LogP contribution in [0.1, 0.15) is 70.3 Å². The van der Waals surface area contributed by atoms with Crippen LogP contribution in [0.25, 0.3) is 17.3 Å². The fourth-order valence-corrected chi connectivity index (χ4v) is 6.25. The maximum Gasteiger partial charge on any atom is 0.246 e. The SMILES string of the molecule is CC.C[C@H](C#N)c1coc(-c2cncc([C@@]34CC[C@@H](C5=C3NNC(c3c(F)cccc3F)=C5)C4(C)C)n2)n1. The molecule has 3 heterocycles. The molecule has 2 aromatic heterocycles. The lowest BCUT2D eigenvalue weighted by molar-refractivity contribution is 0.215. The monoisotopic (exact) mass is 516 g/mol. The molecule has 1 aliphatic heterocycles. The molecule has 196 valence electrons. The number of aromatic nitrogens is 3. The summed E-state index contributed by atoms with van der Waals surface area (Å²) in [4.78, 5) is 13.9. The molecule has 1 fully saturated rings. The Kier molecular flexibility index (Phi) is 6.30. The summed E-state index contributed by atoms with van der Waals surface area (Å²) in [5, 5.41) is 9.19. The van der Waals surface area contributed by atoms with E-state index in [1.165, 1.54) is 24.5 Å². The van der Waals surface area contributed by atoms with Crippen LogP contribution >= 0.6 is 0 Å². The highest BCUT2D eigenvalue weighted by Gasteiger charge is 2.65. The number of allylic oxidation sites excluding steroid dienone is 3. The van der Waals surface area contributed by atoms with Gasteiger partial charge < -0.3 is 15.3 Å². The van der Waals surface area contributed by atoms with Crippen molar-refractivity contribution in [1.82, 2.24) is 25.8 Å². The van der Waals surface area contributed by atoms with Crippen LogP contribution in [0.3, 0.4) is 0 Å². The Morgan fingerprint density at radius 3 is 2.58 bits per heavy atom. The molecule has 6 rings (SSSR count). The molecule has 1 aromatic carbocycles. The normalized spacial score (nSPS) is 23.3. The van der Waals surface area contributed by atoms with Crippen molar-refractivity contribution in [3.63, 3.8) is 0 Å². The minimum absolute atomic E-state index is 0.0840. The lowest BCUT2D eigenvalue weighted by Gasteiger charge is -2.40. The van der Waals surface area contributed by atoms with Crippen LogP contribution in [-0.4, -0.2) is 15.0 Å². The van der Waals surface area contributed by atoms with Gasteiger partial charge in [0.25, 0.3) is 0 Å². The van der Waals surface area contributed by atoms with Crippen LogP contribution in [0, 0.1) is 34.3 Å². The molecule has 7 nitrogen and oxygen atoms in total. The van der Waals surface area contributed by atoms with Gasteiger partial charge in [-0.1, -0.05) is 33.8 Å². The lowest BCUT2D eigenvalue weighted by atomic mass is 9.66. The van der Waals surface area contributed by atoms with E-state index in [9.17, 15) is 14.0 Å². The highest BCUT2D eigenvalue weighted by Crippen LogP contribution is 2.68. The van der Waals surface area contributed by atoms with Gasteiger partial charge in [0.05, 0.1) is 46.2 Å². The van der Waals surface area contributed by atoms with Gasteiger partial charge in [-0.25, -0.2) is 18.7 Å². The molecular weight excluding hydrogens is 486 g/mol. The fraction of sp³-hybridized carbons (Fsp3) is 0.379. The van der Waals surface area contributed by atoms with E-state index >= 15 is 0 Å². The van der Waals surface area contributed by atoms with Gasteiger partial charge in [0.1, 0.15) is 23.6 Å². The molecule has 2 bridgehead atoms. The Morgan fingerprint density at radius 2 is 1.87 bits per heavy atom. The van der Waals surface area contributed by atoms with Gasteiger partial charge in [-0.05, 0) is 54.9 Å². The number of nitrogens with zero attached hydrogens (tertiary/aromatic N) is 4. The maximum atomic E-state index is 14.5. The molecule has 3 atom stereocenters. The van der Waals surface area contributed by atoms with Crippen LogP contribution in [0.2, 0.25) is 0 Å². The molecule has 0 radical (unpaired) electrons. The average molecular weight is 517 g/mol. The van der Waals surface area contributed by atoms with E-state index in [0.29, 0.717) is 23.0 Å². The molecule has 3 aliphatic rings. The molecular formula is C29H30F2N6O. The summed E-state index contributed by atoms with van der Waals surface area (Å²) in [6, 6.07) is 6.02. The van der Waals surface area contributed by atoms with Crippen molar-refractivity contribution in [2.45, 2.75) is 58.8 Å². The van der Waals surface area contributed by atoms with Gasteiger partial charge in [0.2, 0.25) is 5.89 Å². The Bertz CT molecular complexity index is 1480. The van der Waals surface area contributed by atoms with Crippen LogP contribution < -0.4 is 10.9 Å². The molecule has 0 saturated heterocycles. The van der Waals surface area contributed by atoms with E-state index in [1.807, 2.05) is 19.9 Å². The zero-order valence-corrected chi connectivity index (χ0v) is 22.1. The summed E-state index contributed by atoms with van der Waals surface area (Å²) < 4.78 is 34.7. The highest BCUT2D eigenvalue weighted by atomic mass is 19.1. The van der Waals surface area contributed by atoms with Crippen molar-refractivity contribution in [1.29, 1.82) is 5.26 Å². The number of hydrogen-bond donors (Lipinski definition) is 2. The fourth-order valence-electron chi connectivity index (χ4n) is 6.25. The summed E-state index contributed by atoms with van der Waals surface area (Å²) in [6.07, 6.45) is 8.45. The number of hydrazine groups is 1. The topological polar surface area (TPSA) is 99.7 Å². The standard InChI is InChI=1S/C27H24F2N6O.C2H6/c1-14(10-30)21-13-36-25(33-21)20-11-31-12-22(32-20)27-8-7-16(26(27,2)3)15-9-19(34-35-24(15)27)23-17(28)5-4-6-18(23)29;1-2/h4-6,9,11-14,16,34-35H,7-8H2,1-3H3;1-2H3/t14-,16+,27+;/m1./s1. The van der Waals surface area contributed by atoms with Gasteiger partial charge >= 0.3 is 0 Å². The Hall–Kier alpha value is -4.06. The third kappa shape index (κ3) is 3.54. The number of benzene rings is 1. The molecule has 0 unspecified atom stereocenters. The molecule has 3 aromatic rings. The summed E-state index contributed by atoms with van der Waals surface area (Å²) in [7, 11) is 0. The first-order valence-electron chi connectivity index (χ1n) is 12.9. The number of halogens is 2. The molecule has 2 N–H and O–H groups in total. The maximum absolute atomic E-state index is 14.5. The minimum atomic E-state index is -0.619. The van der Waals surface area contributed by atoms with Crippen molar-refractivity contribution < 1.29 is 13.2 Å². The average Bonchev–Trinajstić information content (AvgIpc) is 3.58. The first-order valence-corrected chi connectivity index (χ1v) is 12.9. The van der Waals surface area contributed by atoms with Crippen molar-refractivity contribution in [2.75, 3.05) is 0 Å². The number of nitrogens with one attached hydrogen (secondary N) is 2. The van der Waals surface area contributed by atoms with E-state index < -0.39 is 23.0 Å². The van der Waals surface area contributed by atoms with Gasteiger partial charge in [-0.15, -0.1) is 0 Å². The summed E-state index contributed by atoms with van der Waals surface area (Å²) >= 11 is 0. The largest absolute Gasteiger partial charge is 0.443 e. The van der Waals surface area contributed by atoms with Gasteiger partial charge in [0, 0.05) is 11.9 Å². The zero-order chi connectivity index (χ0) is 27.2. The number of hydrogen-bond acceptors (Lipinski definition) is 7. The second kappa shape index (κ2) is 9.35. The van der Waals surface area contributed by atoms with E-state index in [1.54, 1.807) is 19.3 Å². The van der Waals surface area contributed by atoms with Crippen LogP contribution in [0.4, 0.5) is 8.78 Å². The Labute approximate surface area is 220 Å². The van der Waals surface area contributed by atoms with Crippen molar-refractivity contribution in [2.24, 2.45) is 11.3 Å². The Balaban J connectivity index is 0.00000144. The minimum Gasteiger partial charge on any atom is -0.443 e. The Morgan fingerprint density at radius 1 is 1.13 bits per heavy atom. The second-order valence-electron chi connectivity index (χ2n) is 10.2. The van der Waals surface area contributed by atoms with Crippen molar-refractivity contribution >= 4 is 5.70 Å². The molecule has 1 saturated carbocycles. The van der Waals surface area contributed by atoms with Crippen LogP contribution in [0.5, 0.6) is 0 Å². The van der Waals surface area contributed by atoms with Crippen molar-refractivity contribution in [3.05, 3.63) is 82.8 Å². The molecule has 2 aliphatic carbocycles. The number of fused-ring (bicyclic) bond motifs is 4. The third-order valence-corrected chi connectivity index (χ3v) is 8.17. The summed E-state index contributed by atoms with van der Waals surface area (Å²) in [5.41, 5.74) is 9.64. The van der Waals surface area contributed by atoms with E-state index in [-0.39, 0.29) is 16.9 Å². The zero-order valence-electron chi connectivity index (χ0n) is 22.1. The van der Waals surface area contributed by atoms with Gasteiger partial charge in [-0.3, -0.25) is 4.98 Å². The van der Waals surface area contributed by atoms with Gasteiger partial charge in [0.15, 0.2) is 0 Å². The lowest BCUT2D eigenvalue weighted by Crippen LogP contribution is -2.46. The number of nitriles is 1. The summed E-state index contributed by atoms with van der Waals surface area (Å²) in [5.74, 6) is -1.16. The summed E-state index contributed by atoms with van der Waals surface area (Å²) in [6.45, 7) is 10.2. The molecule has 38 heavy (non-hydrogen) atoms. The van der Waals surface area contributed by atoms with Crippen LogP contribution in [0.15, 0.2) is 58.6 Å². The van der Waals surface area contributed by atoms with Crippen molar-refractivity contribution in [3.8, 4) is 17.7 Å². The number of oxazole rings is 1. The smallest absolute Gasteiger partial charge is 0.246 e. The predicted octanol–water partition coefficient (Wildman–Crippen LogP) is 6.15. The van der Waals surface area contributed by atoms with E-state index in [4.69, 9.17) is 9.40 Å². The molecule has 0 amide bonds. The third-order valence-electron chi connectivity index (χ3n) is 8.17. The first-order chi connectivity index (χ1) is 18.3. The first kappa shape index (κ1) is 25.6. The molecule has 9 heteroatoms. The van der Waals surface area contributed by atoms with E-state index in [2.05, 4.69) is 40.7 Å². The van der Waals surface area contributed by atoms with E-state index in [0.717, 1.165) is 29.8 Å². The quantitative estimate of drug-likeness (QED) is 0.429. The highest BCUT2D eigenvalue weighted by molar-refractivity contribution is 5.72. The number of rotatable bonds is 4. The predicted molar refractivity (Wildman–Crippen MR) is 139 cm³/mol. The van der Waals surface area contributed by atoms with Gasteiger partial charge in [-0.2, -0.15) is 5.26 Å². The second-order valence-corrected chi connectivity index (χ2v) is 10.2. The molecule has 0 spiro atoms.